The van der Waals surface area contributed by atoms with E-state index in [1.54, 1.807) is 4.40 Å². The van der Waals surface area contributed by atoms with Gasteiger partial charge < -0.3 is 16.0 Å². The molecule has 0 fully saturated rings. The number of pyridine rings is 1. The van der Waals surface area contributed by atoms with Gasteiger partial charge in [-0.3, -0.25) is 18.8 Å². The number of amides is 3. The van der Waals surface area contributed by atoms with E-state index in [1.165, 1.54) is 6.92 Å². The summed E-state index contributed by atoms with van der Waals surface area (Å²) in [5.41, 5.74) is 2.03. The van der Waals surface area contributed by atoms with E-state index in [0.717, 1.165) is 31.3 Å². The molecule has 8 heteroatoms. The van der Waals surface area contributed by atoms with Gasteiger partial charge in [0.25, 0.3) is 5.91 Å². The van der Waals surface area contributed by atoms with Crippen LogP contribution in [-0.2, 0) is 9.59 Å². The van der Waals surface area contributed by atoms with E-state index in [-0.39, 0.29) is 17.7 Å². The lowest BCUT2D eigenvalue weighted by atomic mass is 10.2. The molecule has 0 saturated carbocycles. The summed E-state index contributed by atoms with van der Waals surface area (Å²) < 4.78 is 1.79. The van der Waals surface area contributed by atoms with Gasteiger partial charge in [-0.05, 0) is 38.3 Å². The molecular weight excluding hydrogens is 358 g/mol. The Morgan fingerprint density at radius 1 is 0.964 bits per heavy atom. The number of nitrogens with zero attached hydrogens (tertiary/aromatic N) is 2. The molecular formula is C20H29N5O3. The average Bonchev–Trinajstić information content (AvgIpc) is 2.99. The largest absolute Gasteiger partial charge is 0.356 e. The summed E-state index contributed by atoms with van der Waals surface area (Å²) in [5.74, 6) is -0.170. The van der Waals surface area contributed by atoms with Crippen molar-refractivity contribution in [3.05, 3.63) is 35.8 Å². The van der Waals surface area contributed by atoms with Gasteiger partial charge in [0, 0.05) is 39.2 Å². The van der Waals surface area contributed by atoms with Crippen LogP contribution in [-0.4, -0.2) is 46.7 Å². The lowest BCUT2D eigenvalue weighted by Crippen LogP contribution is -2.28. The number of fused-ring (bicyclic) bond motifs is 1. The highest BCUT2D eigenvalue weighted by Gasteiger charge is 2.15. The van der Waals surface area contributed by atoms with Crippen LogP contribution in [0.4, 0.5) is 0 Å². The molecule has 2 aromatic heterocycles. The minimum absolute atomic E-state index is 0.0215. The van der Waals surface area contributed by atoms with Gasteiger partial charge in [0.05, 0.1) is 5.69 Å². The Morgan fingerprint density at radius 3 is 2.50 bits per heavy atom. The van der Waals surface area contributed by atoms with E-state index in [1.807, 2.05) is 31.3 Å². The third-order valence-electron chi connectivity index (χ3n) is 4.34. The molecule has 0 aromatic carbocycles. The monoisotopic (exact) mass is 387 g/mol. The Labute approximate surface area is 165 Å². The van der Waals surface area contributed by atoms with Gasteiger partial charge in [-0.25, -0.2) is 4.98 Å². The Balaban J connectivity index is 1.58. The van der Waals surface area contributed by atoms with Gasteiger partial charge in [-0.2, -0.15) is 0 Å². The molecule has 0 aliphatic rings. The summed E-state index contributed by atoms with van der Waals surface area (Å²) >= 11 is 0. The van der Waals surface area contributed by atoms with Crippen molar-refractivity contribution in [2.75, 3.05) is 19.6 Å². The molecule has 3 N–H and O–H groups in total. The summed E-state index contributed by atoms with van der Waals surface area (Å²) in [6.07, 6.45) is 5.49. The molecule has 2 aromatic rings. The van der Waals surface area contributed by atoms with E-state index in [0.29, 0.717) is 37.4 Å². The zero-order valence-corrected chi connectivity index (χ0v) is 16.6. The molecule has 2 rings (SSSR count). The van der Waals surface area contributed by atoms with Gasteiger partial charge in [0.15, 0.2) is 0 Å². The van der Waals surface area contributed by atoms with Crippen molar-refractivity contribution in [1.82, 2.24) is 25.3 Å². The fraction of sp³-hybridized carbons (Fsp3) is 0.500. The van der Waals surface area contributed by atoms with Gasteiger partial charge >= 0.3 is 0 Å². The number of hydrogen-bond acceptors (Lipinski definition) is 4. The van der Waals surface area contributed by atoms with Crippen molar-refractivity contribution in [2.45, 2.75) is 46.0 Å². The van der Waals surface area contributed by atoms with Crippen LogP contribution in [0.15, 0.2) is 24.4 Å². The maximum Gasteiger partial charge on any atom is 0.270 e. The van der Waals surface area contributed by atoms with Crippen LogP contribution >= 0.6 is 0 Å². The van der Waals surface area contributed by atoms with Crippen LogP contribution in [0, 0.1) is 6.92 Å². The van der Waals surface area contributed by atoms with Crippen LogP contribution in [0.25, 0.3) is 5.65 Å². The Bertz CT molecular complexity index is 815. The molecule has 0 atom stereocenters. The Kier molecular flexibility index (Phi) is 8.45. The number of unbranched alkanes of at least 4 members (excludes halogenated alkanes) is 2. The summed E-state index contributed by atoms with van der Waals surface area (Å²) in [5, 5.41) is 8.45. The van der Waals surface area contributed by atoms with Crippen LogP contribution in [0.1, 0.15) is 55.2 Å². The zero-order valence-electron chi connectivity index (χ0n) is 16.6. The minimum atomic E-state index is -0.131. The van der Waals surface area contributed by atoms with Crippen molar-refractivity contribution >= 4 is 23.4 Å². The number of aromatic nitrogens is 2. The first-order chi connectivity index (χ1) is 13.5. The first-order valence-electron chi connectivity index (χ1n) is 9.72. The number of rotatable bonds is 11. The highest BCUT2D eigenvalue weighted by molar-refractivity contribution is 5.94. The minimum Gasteiger partial charge on any atom is -0.356 e. The fourth-order valence-electron chi connectivity index (χ4n) is 2.93. The molecule has 0 unspecified atom stereocenters. The van der Waals surface area contributed by atoms with Gasteiger partial charge in [-0.1, -0.05) is 12.5 Å². The van der Waals surface area contributed by atoms with E-state index in [9.17, 15) is 14.4 Å². The number of imidazole rings is 1. The predicted octanol–water partition coefficient (Wildman–Crippen LogP) is 1.58. The molecule has 0 radical (unpaired) electrons. The van der Waals surface area contributed by atoms with E-state index in [2.05, 4.69) is 20.9 Å². The normalized spacial score (nSPS) is 10.6. The summed E-state index contributed by atoms with van der Waals surface area (Å²) in [6.45, 7) is 5.00. The molecule has 0 bridgehead atoms. The zero-order chi connectivity index (χ0) is 20.4. The number of aryl methyl sites for hydroxylation is 1. The summed E-state index contributed by atoms with van der Waals surface area (Å²) in [6, 6.07) is 5.63. The molecule has 0 aliphatic carbocycles. The lowest BCUT2D eigenvalue weighted by Gasteiger charge is -2.07. The molecule has 0 saturated heterocycles. The Morgan fingerprint density at radius 2 is 1.71 bits per heavy atom. The number of nitrogens with one attached hydrogen (secondary N) is 3. The first-order valence-corrected chi connectivity index (χ1v) is 9.72. The molecule has 28 heavy (non-hydrogen) atoms. The average molecular weight is 387 g/mol. The van der Waals surface area contributed by atoms with E-state index < -0.39 is 0 Å². The molecule has 2 heterocycles. The maximum atomic E-state index is 12.4. The second-order valence-corrected chi connectivity index (χ2v) is 6.73. The second-order valence-electron chi connectivity index (χ2n) is 6.73. The smallest absolute Gasteiger partial charge is 0.270 e. The van der Waals surface area contributed by atoms with E-state index >= 15 is 0 Å². The number of carbonyl (C=O) groups is 3. The van der Waals surface area contributed by atoms with Crippen molar-refractivity contribution in [3.63, 3.8) is 0 Å². The van der Waals surface area contributed by atoms with Gasteiger partial charge in [0.2, 0.25) is 11.8 Å². The lowest BCUT2D eigenvalue weighted by molar-refractivity contribution is -0.121. The van der Waals surface area contributed by atoms with E-state index in [4.69, 9.17) is 0 Å². The van der Waals surface area contributed by atoms with Gasteiger partial charge in [0.1, 0.15) is 11.3 Å². The fourth-order valence-corrected chi connectivity index (χ4v) is 2.93. The van der Waals surface area contributed by atoms with Crippen molar-refractivity contribution in [1.29, 1.82) is 0 Å². The van der Waals surface area contributed by atoms with Crippen LogP contribution < -0.4 is 16.0 Å². The third-order valence-corrected chi connectivity index (χ3v) is 4.34. The van der Waals surface area contributed by atoms with Gasteiger partial charge in [-0.15, -0.1) is 0 Å². The number of carbonyl (C=O) groups excluding carboxylic acids is 3. The van der Waals surface area contributed by atoms with Crippen LogP contribution in [0.5, 0.6) is 0 Å². The van der Waals surface area contributed by atoms with Crippen molar-refractivity contribution in [3.8, 4) is 0 Å². The SMILES string of the molecule is CC(=O)NCCCNC(=O)CCCCCNC(=O)c1c(C)nc2ccccn12. The molecule has 0 aliphatic heterocycles. The summed E-state index contributed by atoms with van der Waals surface area (Å²) in [7, 11) is 0. The molecule has 3 amide bonds. The third kappa shape index (κ3) is 6.68. The molecule has 8 nitrogen and oxygen atoms in total. The standard InChI is InChI=1S/C20H29N5O3/c1-15-19(25-14-7-5-9-17(25)24-15)20(28)23-11-6-3-4-10-18(27)22-13-8-12-21-16(2)26/h5,7,9,14H,3-4,6,8,10-13H2,1-2H3,(H,21,26)(H,22,27)(H,23,28). The predicted molar refractivity (Wildman–Crippen MR) is 107 cm³/mol. The van der Waals surface area contributed by atoms with Crippen LogP contribution in [0.3, 0.4) is 0 Å². The molecule has 152 valence electrons. The second kappa shape index (κ2) is 11.1. The maximum absolute atomic E-state index is 12.4. The topological polar surface area (TPSA) is 105 Å². The summed E-state index contributed by atoms with van der Waals surface area (Å²) in [4.78, 5) is 39.3. The first kappa shape index (κ1) is 21.4. The highest BCUT2D eigenvalue weighted by atomic mass is 16.2. The Hall–Kier alpha value is -2.90. The number of hydrogen-bond donors (Lipinski definition) is 3. The van der Waals surface area contributed by atoms with Crippen molar-refractivity contribution in [2.24, 2.45) is 0 Å². The molecule has 0 spiro atoms. The quantitative estimate of drug-likeness (QED) is 0.509. The highest BCUT2D eigenvalue weighted by Crippen LogP contribution is 2.11. The van der Waals surface area contributed by atoms with Crippen molar-refractivity contribution < 1.29 is 14.4 Å². The van der Waals surface area contributed by atoms with Crippen LogP contribution in [0.2, 0.25) is 0 Å².